The first-order chi connectivity index (χ1) is 22.1. The lowest BCUT2D eigenvalue weighted by Gasteiger charge is -2.08. The summed E-state index contributed by atoms with van der Waals surface area (Å²) in [4.78, 5) is 54.4. The lowest BCUT2D eigenvalue weighted by molar-refractivity contribution is -0.121. The zero-order valence-electron chi connectivity index (χ0n) is 25.0. The van der Waals surface area contributed by atoms with E-state index in [-0.39, 0.29) is 37.7 Å². The fourth-order valence-corrected chi connectivity index (χ4v) is 5.62. The van der Waals surface area contributed by atoms with Crippen LogP contribution in [0, 0.1) is 0 Å². The summed E-state index contributed by atoms with van der Waals surface area (Å²) in [5, 5.41) is 10.5. The van der Waals surface area contributed by atoms with E-state index < -0.39 is 50.0 Å². The molecule has 18 heteroatoms. The van der Waals surface area contributed by atoms with E-state index >= 15 is 0 Å². The van der Waals surface area contributed by atoms with Gasteiger partial charge >= 0.3 is 0 Å². The van der Waals surface area contributed by atoms with Crippen LogP contribution in [0.5, 0.6) is 0 Å². The molecule has 0 saturated heterocycles. The maximum absolute atomic E-state index is 12.4. The van der Waals surface area contributed by atoms with Gasteiger partial charge in [-0.3, -0.25) is 28.3 Å². The monoisotopic (exact) mass is 690 g/mol. The minimum Gasteiger partial charge on any atom is -0.358 e. The van der Waals surface area contributed by atoms with E-state index in [1.165, 1.54) is 12.2 Å². The zero-order chi connectivity index (χ0) is 34.2. The SMILES string of the molecule is O=C1C=C/C(=C/c2cc(CCNC(=O)CCS(=O)(=O)O)c(Cc3[nH]c(/C=C4\C=CC(=O)N4)cc3CCC(=O)NCCS(=O)(=O)O)[nH]2)N1. The molecule has 0 fully saturated rings. The van der Waals surface area contributed by atoms with E-state index in [0.29, 0.717) is 35.6 Å². The van der Waals surface area contributed by atoms with Gasteiger partial charge in [-0.05, 0) is 60.4 Å². The van der Waals surface area contributed by atoms with Crippen LogP contribution in [0.25, 0.3) is 12.2 Å². The van der Waals surface area contributed by atoms with Gasteiger partial charge in [0.25, 0.3) is 20.2 Å². The lowest BCUT2D eigenvalue weighted by Crippen LogP contribution is -2.29. The van der Waals surface area contributed by atoms with Gasteiger partial charge in [0.05, 0.1) is 11.5 Å². The summed E-state index contributed by atoms with van der Waals surface area (Å²) in [5.74, 6) is -2.80. The van der Waals surface area contributed by atoms with Crippen molar-refractivity contribution in [2.75, 3.05) is 24.6 Å². The van der Waals surface area contributed by atoms with Gasteiger partial charge in [-0.2, -0.15) is 16.8 Å². The van der Waals surface area contributed by atoms with Gasteiger partial charge in [0.15, 0.2) is 0 Å². The average Bonchev–Trinajstić information content (AvgIpc) is 3.75. The number of rotatable bonds is 16. The molecule has 16 nitrogen and oxygen atoms in total. The summed E-state index contributed by atoms with van der Waals surface area (Å²) >= 11 is 0. The first kappa shape index (κ1) is 35.1. The Kier molecular flexibility index (Phi) is 11.3. The van der Waals surface area contributed by atoms with Crippen molar-refractivity contribution in [2.45, 2.75) is 32.1 Å². The third-order valence-electron chi connectivity index (χ3n) is 6.97. The lowest BCUT2D eigenvalue weighted by atomic mass is 10.0. The summed E-state index contributed by atoms with van der Waals surface area (Å²) in [6, 6.07) is 3.67. The van der Waals surface area contributed by atoms with Crippen LogP contribution < -0.4 is 21.3 Å². The van der Waals surface area contributed by atoms with Crippen molar-refractivity contribution in [3.63, 3.8) is 0 Å². The fourth-order valence-electron chi connectivity index (χ4n) is 4.81. The Balaban J connectivity index is 1.55. The van der Waals surface area contributed by atoms with Crippen LogP contribution in [-0.4, -0.2) is 84.1 Å². The van der Waals surface area contributed by atoms with E-state index in [1.807, 2.05) is 12.1 Å². The molecule has 0 atom stereocenters. The predicted octanol–water partition coefficient (Wildman–Crippen LogP) is -0.139. The third kappa shape index (κ3) is 11.8. The number of allylic oxidation sites excluding steroid dienone is 2. The molecular formula is C29H34N6O10S2. The molecule has 2 aliphatic heterocycles. The van der Waals surface area contributed by atoms with E-state index in [1.54, 1.807) is 24.3 Å². The second-order valence-corrected chi connectivity index (χ2v) is 13.9. The van der Waals surface area contributed by atoms with Crippen LogP contribution >= 0.6 is 0 Å². The molecule has 4 heterocycles. The molecular weight excluding hydrogens is 656 g/mol. The Morgan fingerprint density at radius 2 is 1.17 bits per heavy atom. The standard InChI is InChI=1S/C29H34N6O10S2/c36-26(31-10-12-47(43,44)45)4-1-18-13-22(15-20-2-5-28(38)34-20)32-24(18)17-25-19(7-9-30-27(37)8-11-46(40,41)42)14-23(33-25)16-21-3-6-29(39)35-21/h2-3,5-6,13-16,32-33H,1,4,7-12,17H2,(H,30,37)(H,31,36)(H,34,38)(H,35,39)(H,40,41,42)(H,43,44,45)/b20-15+,21-16-. The van der Waals surface area contributed by atoms with E-state index in [2.05, 4.69) is 31.2 Å². The number of H-pyrrole nitrogens is 2. The molecule has 4 rings (SSSR count). The summed E-state index contributed by atoms with van der Waals surface area (Å²) < 4.78 is 61.7. The largest absolute Gasteiger partial charge is 0.358 e. The smallest absolute Gasteiger partial charge is 0.266 e. The number of carbonyl (C=O) groups excluding carboxylic acids is 4. The Morgan fingerprint density at radius 3 is 1.66 bits per heavy atom. The van der Waals surface area contributed by atoms with Crippen LogP contribution in [-0.2, 0) is 58.7 Å². The van der Waals surface area contributed by atoms with Gasteiger partial charge in [0, 0.05) is 78.7 Å². The van der Waals surface area contributed by atoms with E-state index in [9.17, 15) is 36.0 Å². The molecule has 0 bridgehead atoms. The molecule has 0 aromatic carbocycles. The van der Waals surface area contributed by atoms with Gasteiger partial charge in [0.2, 0.25) is 23.6 Å². The predicted molar refractivity (Wildman–Crippen MR) is 170 cm³/mol. The number of hydrogen-bond donors (Lipinski definition) is 8. The zero-order valence-corrected chi connectivity index (χ0v) is 26.6. The highest BCUT2D eigenvalue weighted by molar-refractivity contribution is 7.86. The quantitative estimate of drug-likeness (QED) is 0.108. The number of aryl methyl sites for hydroxylation is 1. The van der Waals surface area contributed by atoms with Gasteiger partial charge in [-0.25, -0.2) is 0 Å². The second-order valence-electron chi connectivity index (χ2n) is 10.8. The number of aromatic nitrogens is 2. The van der Waals surface area contributed by atoms with Gasteiger partial charge in [-0.15, -0.1) is 0 Å². The summed E-state index contributed by atoms with van der Waals surface area (Å²) in [6.07, 6.45) is 10.0. The van der Waals surface area contributed by atoms with Crippen LogP contribution in [0.1, 0.15) is 46.7 Å². The molecule has 8 N–H and O–H groups in total. The second kappa shape index (κ2) is 15.2. The van der Waals surface area contributed by atoms with Crippen molar-refractivity contribution >= 4 is 56.0 Å². The Labute approximate surface area is 270 Å². The van der Waals surface area contributed by atoms with Crippen molar-refractivity contribution in [1.29, 1.82) is 0 Å². The van der Waals surface area contributed by atoms with Crippen molar-refractivity contribution in [3.8, 4) is 0 Å². The van der Waals surface area contributed by atoms with Gasteiger partial charge in [0.1, 0.15) is 0 Å². The molecule has 2 aromatic rings. The van der Waals surface area contributed by atoms with Crippen LogP contribution in [0.3, 0.4) is 0 Å². The summed E-state index contributed by atoms with van der Waals surface area (Å²) in [7, 11) is -8.51. The maximum Gasteiger partial charge on any atom is 0.266 e. The first-order valence-electron chi connectivity index (χ1n) is 14.4. The number of amides is 4. The normalized spacial score (nSPS) is 16.2. The number of aromatic amines is 2. The fraction of sp³-hybridized carbons (Fsp3) is 0.310. The van der Waals surface area contributed by atoms with Crippen molar-refractivity contribution in [3.05, 3.63) is 81.7 Å². The average molecular weight is 691 g/mol. The minimum absolute atomic E-state index is 0.0134. The van der Waals surface area contributed by atoms with Gasteiger partial charge in [-0.1, -0.05) is 0 Å². The van der Waals surface area contributed by atoms with E-state index in [4.69, 9.17) is 9.11 Å². The molecule has 2 aliphatic rings. The third-order valence-corrected chi connectivity index (χ3v) is 8.41. The van der Waals surface area contributed by atoms with Crippen molar-refractivity contribution in [2.24, 2.45) is 0 Å². The highest BCUT2D eigenvalue weighted by Crippen LogP contribution is 2.23. The Bertz CT molecular complexity index is 1900. The van der Waals surface area contributed by atoms with E-state index in [0.717, 1.165) is 22.5 Å². The summed E-state index contributed by atoms with van der Waals surface area (Å²) in [6.45, 7) is -0.0837. The molecule has 0 unspecified atom stereocenters. The highest BCUT2D eigenvalue weighted by atomic mass is 32.2. The molecule has 0 radical (unpaired) electrons. The number of hydrogen-bond acceptors (Lipinski definition) is 8. The molecule has 0 aliphatic carbocycles. The highest BCUT2D eigenvalue weighted by Gasteiger charge is 2.17. The van der Waals surface area contributed by atoms with Crippen LogP contribution in [0.15, 0.2) is 47.8 Å². The topological polar surface area (TPSA) is 257 Å². The molecule has 4 amide bonds. The molecule has 47 heavy (non-hydrogen) atoms. The first-order valence-corrected chi connectivity index (χ1v) is 17.6. The van der Waals surface area contributed by atoms with Crippen LogP contribution in [0.2, 0.25) is 0 Å². The minimum atomic E-state index is -4.28. The number of carbonyl (C=O) groups is 4. The molecule has 252 valence electrons. The maximum atomic E-state index is 12.4. The van der Waals surface area contributed by atoms with Gasteiger partial charge < -0.3 is 31.2 Å². The number of nitrogens with one attached hydrogen (secondary N) is 6. The van der Waals surface area contributed by atoms with Crippen molar-refractivity contribution in [1.82, 2.24) is 31.2 Å². The molecule has 2 aromatic heterocycles. The molecule has 0 saturated carbocycles. The molecule has 0 spiro atoms. The van der Waals surface area contributed by atoms with Crippen LogP contribution in [0.4, 0.5) is 0 Å². The summed E-state index contributed by atoms with van der Waals surface area (Å²) in [5.41, 5.74) is 5.45. The Hall–Kier alpha value is -4.78. The Morgan fingerprint density at radius 1 is 0.681 bits per heavy atom. The van der Waals surface area contributed by atoms with Crippen molar-refractivity contribution < 1.29 is 45.1 Å².